The zero-order chi connectivity index (χ0) is 11.5. The molecule has 0 aliphatic carbocycles. The summed E-state index contributed by atoms with van der Waals surface area (Å²) in [5.74, 6) is 0. The van der Waals surface area contributed by atoms with Gasteiger partial charge in [0.1, 0.15) is 0 Å². The quantitative estimate of drug-likeness (QED) is 0.690. The van der Waals surface area contributed by atoms with Gasteiger partial charge >= 0.3 is 18.9 Å². The van der Waals surface area contributed by atoms with Gasteiger partial charge in [-0.25, -0.2) is 0 Å². The first kappa shape index (κ1) is 14.4. The molecule has 0 saturated carbocycles. The largest absolute Gasteiger partial charge is 1.00 e. The molecule has 1 heteroatoms. The number of hydrogen-bond acceptors (Lipinski definition) is 0. The van der Waals surface area contributed by atoms with E-state index in [0.29, 0.717) is 0 Å². The second-order valence-corrected chi connectivity index (χ2v) is 4.27. The van der Waals surface area contributed by atoms with E-state index in [2.05, 4.69) is 51.1 Å². The topological polar surface area (TPSA) is 0 Å². The monoisotopic (exact) mass is 220 g/mol. The summed E-state index contributed by atoms with van der Waals surface area (Å²) >= 11 is 0. The molecule has 0 amide bonds. The molecule has 0 aliphatic rings. The van der Waals surface area contributed by atoms with Gasteiger partial charge < -0.3 is 1.43 Å². The molecule has 0 nitrogen and oxygen atoms in total. The van der Waals surface area contributed by atoms with Crippen LogP contribution in [0.1, 0.15) is 38.9 Å². The molecule has 0 unspecified atom stereocenters. The van der Waals surface area contributed by atoms with Gasteiger partial charge in [0.05, 0.1) is 0 Å². The van der Waals surface area contributed by atoms with E-state index in [4.69, 9.17) is 0 Å². The normalized spacial score (nSPS) is 10.3. The smallest absolute Gasteiger partial charge is 1.00 e. The van der Waals surface area contributed by atoms with Gasteiger partial charge in [0.15, 0.2) is 0 Å². The van der Waals surface area contributed by atoms with Gasteiger partial charge in [0, 0.05) is 0 Å². The minimum atomic E-state index is 0. The molecule has 0 radical (unpaired) electrons. The maximum atomic E-state index is 2.37. The Hall–Kier alpha value is -0.703. The molecule has 0 fully saturated rings. The van der Waals surface area contributed by atoms with Crippen LogP contribution < -0.4 is 18.9 Å². The second-order valence-electron chi connectivity index (χ2n) is 4.27. The fraction of sp³-hybridized carbons (Fsp3) is 0.375. The van der Waals surface area contributed by atoms with Crippen LogP contribution in [0.15, 0.2) is 30.3 Å². The van der Waals surface area contributed by atoms with Crippen molar-refractivity contribution in [1.29, 1.82) is 0 Å². The first-order valence-electron chi connectivity index (χ1n) is 6.34. The predicted molar refractivity (Wildman–Crippen MR) is 73.2 cm³/mol. The van der Waals surface area contributed by atoms with Gasteiger partial charge in [-0.05, 0) is 46.7 Å². The maximum Gasteiger partial charge on any atom is 1.00 e. The van der Waals surface area contributed by atoms with Crippen molar-refractivity contribution in [3.05, 3.63) is 47.0 Å². The molecule has 0 atom stereocenters. The molecule has 0 spiro atoms. The molecular weight excluding hydrogens is 199 g/mol. The predicted octanol–water partition coefficient (Wildman–Crippen LogP) is 1.64. The molecule has 17 heavy (non-hydrogen) atoms. The van der Waals surface area contributed by atoms with Crippen molar-refractivity contribution < 1.29 is 20.3 Å². The van der Waals surface area contributed by atoms with Crippen molar-refractivity contribution in [2.45, 2.75) is 40.0 Å². The SMILES string of the molecule is CCc1cc2ccccc2c(CC)c1CC.[H-].[Li+]. The van der Waals surface area contributed by atoms with E-state index in [1.165, 1.54) is 16.3 Å². The first-order chi connectivity index (χ1) is 7.81. The molecule has 0 bridgehead atoms. The van der Waals surface area contributed by atoms with Crippen LogP contribution in [0.4, 0.5) is 0 Å². The van der Waals surface area contributed by atoms with Crippen LogP contribution in [-0.2, 0) is 19.3 Å². The fourth-order valence-corrected chi connectivity index (χ4v) is 2.69. The van der Waals surface area contributed by atoms with Crippen LogP contribution in [0.25, 0.3) is 10.8 Å². The average Bonchev–Trinajstić information content (AvgIpc) is 2.36. The summed E-state index contributed by atoms with van der Waals surface area (Å²) in [4.78, 5) is 0. The molecule has 2 aromatic rings. The third-order valence-electron chi connectivity index (χ3n) is 3.46. The Morgan fingerprint density at radius 3 is 2.12 bits per heavy atom. The molecule has 0 aliphatic heterocycles. The summed E-state index contributed by atoms with van der Waals surface area (Å²) in [6, 6.07) is 11.1. The van der Waals surface area contributed by atoms with Gasteiger partial charge in [-0.15, -0.1) is 0 Å². The molecule has 0 aromatic heterocycles. The molecule has 0 heterocycles. The molecule has 0 saturated heterocycles. The zero-order valence-electron chi connectivity index (χ0n) is 12.5. The summed E-state index contributed by atoms with van der Waals surface area (Å²) in [7, 11) is 0. The summed E-state index contributed by atoms with van der Waals surface area (Å²) in [6.45, 7) is 6.78. The van der Waals surface area contributed by atoms with Crippen molar-refractivity contribution in [3.63, 3.8) is 0 Å². The van der Waals surface area contributed by atoms with E-state index in [1.54, 1.807) is 11.1 Å². The van der Waals surface area contributed by atoms with Gasteiger partial charge in [0.25, 0.3) is 0 Å². The molecular formula is C16H21Li. The van der Waals surface area contributed by atoms with E-state index < -0.39 is 0 Å². The van der Waals surface area contributed by atoms with E-state index in [1.807, 2.05) is 0 Å². The number of rotatable bonds is 3. The summed E-state index contributed by atoms with van der Waals surface area (Å²) in [5, 5.41) is 2.84. The van der Waals surface area contributed by atoms with Crippen molar-refractivity contribution in [2.24, 2.45) is 0 Å². The number of aryl methyl sites for hydroxylation is 2. The molecule has 2 aromatic carbocycles. The van der Waals surface area contributed by atoms with Crippen molar-refractivity contribution in [3.8, 4) is 0 Å². The van der Waals surface area contributed by atoms with Gasteiger partial charge in [-0.1, -0.05) is 51.1 Å². The van der Waals surface area contributed by atoms with Crippen LogP contribution in [0, 0.1) is 0 Å². The maximum absolute atomic E-state index is 2.37. The number of benzene rings is 2. The number of fused-ring (bicyclic) bond motifs is 1. The first-order valence-corrected chi connectivity index (χ1v) is 6.34. The van der Waals surface area contributed by atoms with Gasteiger partial charge in [-0.3, -0.25) is 0 Å². The summed E-state index contributed by atoms with van der Waals surface area (Å²) in [6.07, 6.45) is 3.43. The Morgan fingerprint density at radius 2 is 1.53 bits per heavy atom. The van der Waals surface area contributed by atoms with Crippen LogP contribution in [-0.4, -0.2) is 0 Å². The van der Waals surface area contributed by atoms with E-state index >= 15 is 0 Å². The van der Waals surface area contributed by atoms with Crippen molar-refractivity contribution >= 4 is 10.8 Å². The molecule has 0 N–H and O–H groups in total. The van der Waals surface area contributed by atoms with Crippen LogP contribution >= 0.6 is 0 Å². The van der Waals surface area contributed by atoms with Gasteiger partial charge in [-0.2, -0.15) is 0 Å². The van der Waals surface area contributed by atoms with E-state index in [-0.39, 0.29) is 20.3 Å². The van der Waals surface area contributed by atoms with Crippen LogP contribution in [0.3, 0.4) is 0 Å². The minimum Gasteiger partial charge on any atom is -1.00 e. The number of hydrogen-bond donors (Lipinski definition) is 0. The second kappa shape index (κ2) is 6.29. The Labute approximate surface area is 118 Å². The fourth-order valence-electron chi connectivity index (χ4n) is 2.69. The van der Waals surface area contributed by atoms with Gasteiger partial charge in [0.2, 0.25) is 0 Å². The Kier molecular flexibility index (Phi) is 5.31. The zero-order valence-corrected chi connectivity index (χ0v) is 11.5. The van der Waals surface area contributed by atoms with Crippen molar-refractivity contribution in [1.82, 2.24) is 0 Å². The van der Waals surface area contributed by atoms with Crippen LogP contribution in [0.2, 0.25) is 0 Å². The molecule has 86 valence electrons. The Morgan fingerprint density at radius 1 is 0.882 bits per heavy atom. The Balaban J connectivity index is 0.00000144. The van der Waals surface area contributed by atoms with E-state index in [0.717, 1.165) is 19.3 Å². The Bertz CT molecular complexity index is 506. The van der Waals surface area contributed by atoms with E-state index in [9.17, 15) is 0 Å². The van der Waals surface area contributed by atoms with Crippen molar-refractivity contribution in [2.75, 3.05) is 0 Å². The minimum absolute atomic E-state index is 0. The third-order valence-corrected chi connectivity index (χ3v) is 3.46. The standard InChI is InChI=1S/C16H20.Li.H/c1-4-12-11-13-9-7-8-10-16(13)15(6-3)14(12)5-2;;/h7-11H,4-6H2,1-3H3;;/q;+1;-1. The molecule has 2 rings (SSSR count). The third kappa shape index (κ3) is 2.59. The summed E-state index contributed by atoms with van der Waals surface area (Å²) < 4.78 is 0. The summed E-state index contributed by atoms with van der Waals surface area (Å²) in [5.41, 5.74) is 4.65. The van der Waals surface area contributed by atoms with Crippen LogP contribution in [0.5, 0.6) is 0 Å². The average molecular weight is 220 g/mol.